The van der Waals surface area contributed by atoms with Crippen molar-refractivity contribution >= 4 is 5.97 Å². The van der Waals surface area contributed by atoms with E-state index in [1.807, 2.05) is 13.0 Å². The van der Waals surface area contributed by atoms with Gasteiger partial charge in [0.2, 0.25) is 0 Å². The molecule has 3 fully saturated rings. The van der Waals surface area contributed by atoms with Crippen molar-refractivity contribution in [3.63, 3.8) is 0 Å². The number of carbonyl (C=O) groups excluding carboxylic acids is 1. The fourth-order valence-corrected chi connectivity index (χ4v) is 4.59. The molecule has 5 heteroatoms. The SMILES string of the molecule is CCCCC(F)CC=C(OC1CCCCO1)[C@H]1CC[C@@]2(C)OC(=O)C[C@H]12. The number of unbranched alkanes of at least 4 members (excludes halogenated alkanes) is 1. The van der Waals surface area contributed by atoms with Crippen LogP contribution in [0, 0.1) is 11.8 Å². The Balaban J connectivity index is 1.70. The second-order valence-electron chi connectivity index (χ2n) is 8.24. The number of fused-ring (bicyclic) bond motifs is 1. The van der Waals surface area contributed by atoms with Gasteiger partial charge in [-0.1, -0.05) is 19.8 Å². The van der Waals surface area contributed by atoms with Crippen LogP contribution in [-0.2, 0) is 19.0 Å². The third-order valence-electron chi connectivity index (χ3n) is 6.17. The molecule has 1 aliphatic carbocycles. The summed E-state index contributed by atoms with van der Waals surface area (Å²) in [6.07, 6.45) is 8.94. The second kappa shape index (κ2) is 8.73. The van der Waals surface area contributed by atoms with Gasteiger partial charge in [0.05, 0.1) is 18.8 Å². The molecule has 3 rings (SSSR count). The van der Waals surface area contributed by atoms with Crippen molar-refractivity contribution in [2.24, 2.45) is 11.8 Å². The number of hydrogen-bond donors (Lipinski definition) is 0. The quantitative estimate of drug-likeness (QED) is 0.443. The molecule has 0 spiro atoms. The van der Waals surface area contributed by atoms with Gasteiger partial charge in [0, 0.05) is 24.7 Å². The van der Waals surface area contributed by atoms with E-state index in [0.717, 1.165) is 50.7 Å². The van der Waals surface area contributed by atoms with E-state index in [2.05, 4.69) is 6.92 Å². The Hall–Kier alpha value is -1.10. The molecule has 0 aromatic rings. The molecule has 2 saturated heterocycles. The number of hydrogen-bond acceptors (Lipinski definition) is 4. The third kappa shape index (κ3) is 4.59. The van der Waals surface area contributed by atoms with E-state index in [4.69, 9.17) is 14.2 Å². The van der Waals surface area contributed by atoms with E-state index < -0.39 is 11.8 Å². The average molecular weight is 368 g/mol. The van der Waals surface area contributed by atoms with Crippen LogP contribution in [-0.4, -0.2) is 30.6 Å². The summed E-state index contributed by atoms with van der Waals surface area (Å²) in [5.74, 6) is 0.943. The van der Waals surface area contributed by atoms with E-state index in [1.165, 1.54) is 0 Å². The summed E-state index contributed by atoms with van der Waals surface area (Å²) >= 11 is 0. The maximum atomic E-state index is 14.2. The van der Waals surface area contributed by atoms with Crippen LogP contribution >= 0.6 is 0 Å². The first-order chi connectivity index (χ1) is 12.5. The molecule has 2 aliphatic heterocycles. The molecule has 0 radical (unpaired) electrons. The summed E-state index contributed by atoms with van der Waals surface area (Å²) < 4.78 is 31.8. The Bertz CT molecular complexity index is 514. The van der Waals surface area contributed by atoms with Crippen LogP contribution in [0.4, 0.5) is 4.39 Å². The Morgan fingerprint density at radius 3 is 3.00 bits per heavy atom. The molecule has 0 amide bonds. The van der Waals surface area contributed by atoms with E-state index in [-0.39, 0.29) is 24.1 Å². The molecule has 4 nitrogen and oxygen atoms in total. The molecule has 26 heavy (non-hydrogen) atoms. The normalized spacial score (nSPS) is 35.9. The Labute approximate surface area is 156 Å². The van der Waals surface area contributed by atoms with Gasteiger partial charge in [-0.25, -0.2) is 4.39 Å². The van der Waals surface area contributed by atoms with Crippen LogP contribution in [0.5, 0.6) is 0 Å². The van der Waals surface area contributed by atoms with Gasteiger partial charge < -0.3 is 14.2 Å². The minimum Gasteiger partial charge on any atom is -0.469 e. The second-order valence-corrected chi connectivity index (χ2v) is 8.24. The summed E-state index contributed by atoms with van der Waals surface area (Å²) in [5.41, 5.74) is -0.394. The minimum atomic E-state index is -0.838. The summed E-state index contributed by atoms with van der Waals surface area (Å²) in [6.45, 7) is 4.82. The summed E-state index contributed by atoms with van der Waals surface area (Å²) in [6, 6.07) is 0. The number of allylic oxidation sites excluding steroid dienone is 2. The van der Waals surface area contributed by atoms with Gasteiger partial charge in [0.25, 0.3) is 0 Å². The highest BCUT2D eigenvalue weighted by Crippen LogP contribution is 2.52. The number of alkyl halides is 1. The Morgan fingerprint density at radius 2 is 2.27 bits per heavy atom. The van der Waals surface area contributed by atoms with Gasteiger partial charge in [-0.15, -0.1) is 0 Å². The van der Waals surface area contributed by atoms with Crippen LogP contribution in [0.25, 0.3) is 0 Å². The van der Waals surface area contributed by atoms with Crippen LogP contribution < -0.4 is 0 Å². The molecule has 0 aromatic heterocycles. The van der Waals surface area contributed by atoms with Gasteiger partial charge in [-0.2, -0.15) is 0 Å². The summed E-state index contributed by atoms with van der Waals surface area (Å²) in [4.78, 5) is 11.8. The van der Waals surface area contributed by atoms with E-state index in [9.17, 15) is 9.18 Å². The van der Waals surface area contributed by atoms with Crippen molar-refractivity contribution in [1.82, 2.24) is 0 Å². The van der Waals surface area contributed by atoms with E-state index in [1.54, 1.807) is 0 Å². The molecule has 148 valence electrons. The monoisotopic (exact) mass is 368 g/mol. The molecule has 0 N–H and O–H groups in total. The number of halogens is 1. The standard InChI is InChI=1S/C21H33FO4/c1-3-4-7-15(22)9-10-18(25-20-8-5-6-13-24-20)16-11-12-21(2)17(16)14-19(23)26-21/h10,15-17,20H,3-9,11-14H2,1-2H3/t15?,16-,17+,20?,21+/m0/s1. The Morgan fingerprint density at radius 1 is 1.42 bits per heavy atom. The first-order valence-electron chi connectivity index (χ1n) is 10.4. The molecular formula is C21H33FO4. The zero-order valence-electron chi connectivity index (χ0n) is 16.2. The van der Waals surface area contributed by atoms with Crippen molar-refractivity contribution in [1.29, 1.82) is 0 Å². The van der Waals surface area contributed by atoms with Crippen LogP contribution in [0.2, 0.25) is 0 Å². The number of ether oxygens (including phenoxy) is 3. The van der Waals surface area contributed by atoms with Crippen molar-refractivity contribution in [2.75, 3.05) is 6.61 Å². The summed E-state index contributed by atoms with van der Waals surface area (Å²) in [5, 5.41) is 0. The van der Waals surface area contributed by atoms with Gasteiger partial charge in [0.15, 0.2) is 6.29 Å². The number of carbonyl (C=O) groups is 1. The lowest BCUT2D eigenvalue weighted by molar-refractivity contribution is -0.148. The average Bonchev–Trinajstić information content (AvgIpc) is 3.09. The lowest BCUT2D eigenvalue weighted by atomic mass is 9.85. The zero-order chi connectivity index (χ0) is 18.6. The fourth-order valence-electron chi connectivity index (χ4n) is 4.59. The predicted octanol–water partition coefficient (Wildman–Crippen LogP) is 5.06. The molecule has 1 saturated carbocycles. The number of rotatable bonds is 8. The smallest absolute Gasteiger partial charge is 0.306 e. The zero-order valence-corrected chi connectivity index (χ0v) is 16.2. The first kappa shape index (κ1) is 19.7. The van der Waals surface area contributed by atoms with Gasteiger partial charge in [-0.05, 0) is 45.1 Å². The minimum absolute atomic E-state index is 0.121. The lowest BCUT2D eigenvalue weighted by Gasteiger charge is -2.30. The highest BCUT2D eigenvalue weighted by Gasteiger charge is 2.55. The molecule has 0 aromatic carbocycles. The molecule has 2 unspecified atom stereocenters. The maximum Gasteiger partial charge on any atom is 0.306 e. The molecule has 5 atom stereocenters. The largest absolute Gasteiger partial charge is 0.469 e. The van der Waals surface area contributed by atoms with Crippen molar-refractivity contribution in [3.8, 4) is 0 Å². The van der Waals surface area contributed by atoms with Crippen LogP contribution in [0.3, 0.4) is 0 Å². The molecular weight excluding hydrogens is 335 g/mol. The van der Waals surface area contributed by atoms with E-state index >= 15 is 0 Å². The molecule has 3 aliphatic rings. The van der Waals surface area contributed by atoms with Gasteiger partial charge >= 0.3 is 5.97 Å². The van der Waals surface area contributed by atoms with Crippen molar-refractivity contribution in [3.05, 3.63) is 11.8 Å². The maximum absolute atomic E-state index is 14.2. The van der Waals surface area contributed by atoms with Gasteiger partial charge in [-0.3, -0.25) is 4.79 Å². The van der Waals surface area contributed by atoms with E-state index in [0.29, 0.717) is 25.9 Å². The predicted molar refractivity (Wildman–Crippen MR) is 97.1 cm³/mol. The number of esters is 1. The van der Waals surface area contributed by atoms with Crippen molar-refractivity contribution in [2.45, 2.75) is 96.1 Å². The molecule has 2 heterocycles. The highest BCUT2D eigenvalue weighted by molar-refractivity contribution is 5.73. The lowest BCUT2D eigenvalue weighted by Crippen LogP contribution is -2.30. The fraction of sp³-hybridized carbons (Fsp3) is 0.857. The summed E-state index contributed by atoms with van der Waals surface area (Å²) in [7, 11) is 0. The third-order valence-corrected chi connectivity index (χ3v) is 6.17. The highest BCUT2D eigenvalue weighted by atomic mass is 19.1. The van der Waals surface area contributed by atoms with Gasteiger partial charge in [0.1, 0.15) is 11.8 Å². The van der Waals surface area contributed by atoms with Crippen LogP contribution in [0.15, 0.2) is 11.8 Å². The van der Waals surface area contributed by atoms with Crippen molar-refractivity contribution < 1.29 is 23.4 Å². The first-order valence-corrected chi connectivity index (χ1v) is 10.4. The Kier molecular flexibility index (Phi) is 6.60. The topological polar surface area (TPSA) is 44.8 Å². The molecule has 0 bridgehead atoms. The van der Waals surface area contributed by atoms with Crippen LogP contribution in [0.1, 0.15) is 78.1 Å².